The van der Waals surface area contributed by atoms with E-state index in [0.29, 0.717) is 0 Å². The van der Waals surface area contributed by atoms with E-state index in [4.69, 9.17) is 5.73 Å². The molecule has 0 saturated carbocycles. The van der Waals surface area contributed by atoms with Crippen molar-refractivity contribution >= 4 is 0 Å². The number of unbranched alkanes of at least 4 members (excludes halogenated alkanes) is 12. The Kier molecular flexibility index (Phi) is 18.8. The van der Waals surface area contributed by atoms with E-state index in [2.05, 4.69) is 12.2 Å². The predicted molar refractivity (Wildman–Crippen MR) is 92.2 cm³/mol. The van der Waals surface area contributed by atoms with E-state index in [1.54, 1.807) is 0 Å². The molecular formula is C18H40N2. The van der Waals surface area contributed by atoms with Gasteiger partial charge in [0.1, 0.15) is 0 Å². The van der Waals surface area contributed by atoms with Gasteiger partial charge in [0.15, 0.2) is 0 Å². The molecule has 0 bridgehead atoms. The molecule has 122 valence electrons. The average molecular weight is 285 g/mol. The smallest absolute Gasteiger partial charge is 0.00489 e. The molecular weight excluding hydrogens is 244 g/mol. The molecule has 0 spiro atoms. The number of nitrogens with one attached hydrogen (secondary N) is 1. The molecule has 0 aromatic heterocycles. The van der Waals surface area contributed by atoms with Crippen molar-refractivity contribution in [3.8, 4) is 0 Å². The fourth-order valence-corrected chi connectivity index (χ4v) is 2.61. The SMILES string of the molecule is CCCCCCCCCCCNCCCCCCCN. The van der Waals surface area contributed by atoms with E-state index < -0.39 is 0 Å². The van der Waals surface area contributed by atoms with Crippen molar-refractivity contribution in [1.29, 1.82) is 0 Å². The van der Waals surface area contributed by atoms with Crippen molar-refractivity contribution in [2.75, 3.05) is 19.6 Å². The lowest BCUT2D eigenvalue weighted by molar-refractivity contribution is 0.535. The van der Waals surface area contributed by atoms with Gasteiger partial charge in [0.2, 0.25) is 0 Å². The van der Waals surface area contributed by atoms with E-state index in [-0.39, 0.29) is 0 Å². The van der Waals surface area contributed by atoms with Crippen molar-refractivity contribution < 1.29 is 0 Å². The minimum Gasteiger partial charge on any atom is -0.330 e. The second-order valence-corrected chi connectivity index (χ2v) is 6.13. The van der Waals surface area contributed by atoms with Gasteiger partial charge in [0, 0.05) is 0 Å². The second-order valence-electron chi connectivity index (χ2n) is 6.13. The summed E-state index contributed by atoms with van der Waals surface area (Å²) in [6.45, 7) is 5.57. The van der Waals surface area contributed by atoms with Crippen LogP contribution in [0.1, 0.15) is 96.8 Å². The third-order valence-corrected chi connectivity index (χ3v) is 4.01. The molecule has 3 N–H and O–H groups in total. The lowest BCUT2D eigenvalue weighted by Gasteiger charge is -2.05. The molecule has 0 aromatic carbocycles. The first-order valence-corrected chi connectivity index (χ1v) is 9.32. The van der Waals surface area contributed by atoms with Crippen molar-refractivity contribution in [3.63, 3.8) is 0 Å². The van der Waals surface area contributed by atoms with Crippen molar-refractivity contribution in [2.45, 2.75) is 96.8 Å². The van der Waals surface area contributed by atoms with Crippen LogP contribution in [-0.4, -0.2) is 19.6 Å². The van der Waals surface area contributed by atoms with Gasteiger partial charge in [0.25, 0.3) is 0 Å². The molecule has 0 fully saturated rings. The van der Waals surface area contributed by atoms with Crippen LogP contribution in [0.2, 0.25) is 0 Å². The summed E-state index contributed by atoms with van der Waals surface area (Å²) in [6, 6.07) is 0. The van der Waals surface area contributed by atoms with Crippen LogP contribution in [-0.2, 0) is 0 Å². The molecule has 0 rings (SSSR count). The third kappa shape index (κ3) is 17.9. The molecule has 2 nitrogen and oxygen atoms in total. The standard InChI is InChI=1S/C18H40N2/c1-2-3-4-5-6-7-8-11-14-17-20-18-15-12-9-10-13-16-19/h20H,2-19H2,1H3. The van der Waals surface area contributed by atoms with Crippen LogP contribution in [0.3, 0.4) is 0 Å². The Labute approximate surface area is 128 Å². The maximum Gasteiger partial charge on any atom is -0.00489 e. The third-order valence-electron chi connectivity index (χ3n) is 4.01. The first kappa shape index (κ1) is 19.9. The summed E-state index contributed by atoms with van der Waals surface area (Å²) in [7, 11) is 0. The van der Waals surface area contributed by atoms with Crippen LogP contribution in [0.4, 0.5) is 0 Å². The topological polar surface area (TPSA) is 38.0 Å². The molecule has 0 unspecified atom stereocenters. The average Bonchev–Trinajstić information content (AvgIpc) is 2.47. The Bertz CT molecular complexity index is 141. The molecule has 0 aliphatic rings. The normalized spacial score (nSPS) is 11.1. The molecule has 2 heteroatoms. The van der Waals surface area contributed by atoms with E-state index in [1.807, 2.05) is 0 Å². The van der Waals surface area contributed by atoms with Gasteiger partial charge < -0.3 is 11.1 Å². The summed E-state index contributed by atoms with van der Waals surface area (Å²) in [6.07, 6.45) is 19.4. The van der Waals surface area contributed by atoms with E-state index in [9.17, 15) is 0 Å². The zero-order valence-electron chi connectivity index (χ0n) is 14.1. The lowest BCUT2D eigenvalue weighted by atomic mass is 10.1. The highest BCUT2D eigenvalue weighted by atomic mass is 14.8. The van der Waals surface area contributed by atoms with E-state index >= 15 is 0 Å². The van der Waals surface area contributed by atoms with Crippen molar-refractivity contribution in [1.82, 2.24) is 5.32 Å². The van der Waals surface area contributed by atoms with Crippen LogP contribution in [0.5, 0.6) is 0 Å². The summed E-state index contributed by atoms with van der Waals surface area (Å²) in [5.41, 5.74) is 5.48. The lowest BCUT2D eigenvalue weighted by Crippen LogP contribution is -2.16. The van der Waals surface area contributed by atoms with Gasteiger partial charge in [-0.3, -0.25) is 0 Å². The molecule has 0 atom stereocenters. The minimum absolute atomic E-state index is 0.858. The number of hydrogen-bond acceptors (Lipinski definition) is 2. The first-order chi connectivity index (χ1) is 9.91. The van der Waals surface area contributed by atoms with Crippen LogP contribution < -0.4 is 11.1 Å². The largest absolute Gasteiger partial charge is 0.330 e. The fraction of sp³-hybridized carbons (Fsp3) is 1.00. The zero-order chi connectivity index (χ0) is 14.7. The van der Waals surface area contributed by atoms with E-state index in [0.717, 1.165) is 6.54 Å². The van der Waals surface area contributed by atoms with Crippen molar-refractivity contribution in [3.05, 3.63) is 0 Å². The zero-order valence-corrected chi connectivity index (χ0v) is 14.1. The Balaban J connectivity index is 2.89. The maximum absolute atomic E-state index is 5.48. The summed E-state index contributed by atoms with van der Waals surface area (Å²) in [4.78, 5) is 0. The van der Waals surface area contributed by atoms with Gasteiger partial charge in [-0.25, -0.2) is 0 Å². The first-order valence-electron chi connectivity index (χ1n) is 9.32. The maximum atomic E-state index is 5.48. The molecule has 0 amide bonds. The van der Waals surface area contributed by atoms with Crippen LogP contribution in [0.25, 0.3) is 0 Å². The molecule has 0 aliphatic carbocycles. The van der Waals surface area contributed by atoms with Gasteiger partial charge in [0.05, 0.1) is 0 Å². The molecule has 0 aromatic rings. The van der Waals surface area contributed by atoms with E-state index in [1.165, 1.54) is 103 Å². The Morgan fingerprint density at radius 1 is 0.550 bits per heavy atom. The summed E-state index contributed by atoms with van der Waals surface area (Å²) >= 11 is 0. The Hall–Kier alpha value is -0.0800. The number of nitrogens with two attached hydrogens (primary N) is 1. The van der Waals surface area contributed by atoms with Gasteiger partial charge >= 0.3 is 0 Å². The van der Waals surface area contributed by atoms with Gasteiger partial charge in [-0.2, -0.15) is 0 Å². The Morgan fingerprint density at radius 3 is 1.40 bits per heavy atom. The fourth-order valence-electron chi connectivity index (χ4n) is 2.61. The minimum atomic E-state index is 0.858. The summed E-state index contributed by atoms with van der Waals surface area (Å²) < 4.78 is 0. The second kappa shape index (κ2) is 18.9. The molecule has 0 aliphatic heterocycles. The highest BCUT2D eigenvalue weighted by Gasteiger charge is 1.93. The van der Waals surface area contributed by atoms with Gasteiger partial charge in [-0.05, 0) is 38.9 Å². The van der Waals surface area contributed by atoms with Crippen LogP contribution in [0.15, 0.2) is 0 Å². The molecule has 0 heterocycles. The van der Waals surface area contributed by atoms with Crippen LogP contribution in [0, 0.1) is 0 Å². The van der Waals surface area contributed by atoms with Crippen molar-refractivity contribution in [2.24, 2.45) is 5.73 Å². The van der Waals surface area contributed by atoms with Crippen LogP contribution >= 0.6 is 0 Å². The quantitative estimate of drug-likeness (QED) is 0.368. The highest BCUT2D eigenvalue weighted by molar-refractivity contribution is 4.52. The number of hydrogen-bond donors (Lipinski definition) is 2. The van der Waals surface area contributed by atoms with Gasteiger partial charge in [-0.1, -0.05) is 77.6 Å². The van der Waals surface area contributed by atoms with Gasteiger partial charge in [-0.15, -0.1) is 0 Å². The Morgan fingerprint density at radius 2 is 0.950 bits per heavy atom. The highest BCUT2D eigenvalue weighted by Crippen LogP contribution is 2.09. The molecule has 20 heavy (non-hydrogen) atoms. The molecule has 0 radical (unpaired) electrons. The summed E-state index contributed by atoms with van der Waals surface area (Å²) in [5, 5.41) is 3.57. The summed E-state index contributed by atoms with van der Waals surface area (Å²) in [5.74, 6) is 0. The molecule has 0 saturated heterocycles. The predicted octanol–water partition coefficient (Wildman–Crippen LogP) is 5.02. The number of rotatable bonds is 17. The monoisotopic (exact) mass is 284 g/mol.